The van der Waals surface area contributed by atoms with Crippen molar-refractivity contribution in [3.05, 3.63) is 0 Å². The maximum absolute atomic E-state index is 11.9. The molecule has 0 aromatic heterocycles. The number of nitrogens with zero attached hydrogens (tertiary/aromatic N) is 2. The average molecular weight is 496 g/mol. The summed E-state index contributed by atoms with van der Waals surface area (Å²) < 4.78 is 17.4. The number of likely N-dealkylation sites (N-methyl/N-ethyl adjacent to an activating group) is 1. The number of guanidine groups is 1. The lowest BCUT2D eigenvalue weighted by atomic mass is 10.1. The second-order valence-electron chi connectivity index (χ2n) is 7.51. The van der Waals surface area contributed by atoms with Crippen LogP contribution in [0.25, 0.3) is 0 Å². The van der Waals surface area contributed by atoms with E-state index in [4.69, 9.17) is 14.2 Å². The van der Waals surface area contributed by atoms with Crippen LogP contribution >= 0.6 is 24.0 Å². The van der Waals surface area contributed by atoms with Gasteiger partial charge in [0.1, 0.15) is 6.54 Å². The minimum absolute atomic E-state index is 0. The molecule has 0 aromatic carbocycles. The Balaban J connectivity index is 0.00000261. The van der Waals surface area contributed by atoms with Crippen molar-refractivity contribution < 1.29 is 19.0 Å². The summed E-state index contributed by atoms with van der Waals surface area (Å²) in [6.07, 6.45) is 6.25. The third-order valence-corrected chi connectivity index (χ3v) is 5.23. The molecule has 2 aliphatic heterocycles. The van der Waals surface area contributed by atoms with Gasteiger partial charge in [-0.2, -0.15) is 0 Å². The Hall–Kier alpha value is -0.650. The molecule has 0 aromatic rings. The molecule has 8 nitrogen and oxygen atoms in total. The number of amides is 1. The number of nitrogens with one attached hydrogen (secondary N) is 2. The third kappa shape index (κ3) is 6.72. The van der Waals surface area contributed by atoms with Gasteiger partial charge in [-0.3, -0.25) is 4.79 Å². The molecule has 2 heterocycles. The second-order valence-corrected chi connectivity index (χ2v) is 7.51. The van der Waals surface area contributed by atoms with Gasteiger partial charge in [0.15, 0.2) is 11.7 Å². The van der Waals surface area contributed by atoms with Gasteiger partial charge < -0.3 is 29.7 Å². The van der Waals surface area contributed by atoms with Gasteiger partial charge in [0.05, 0.1) is 19.3 Å². The van der Waals surface area contributed by atoms with Crippen molar-refractivity contribution in [2.75, 3.05) is 47.0 Å². The van der Waals surface area contributed by atoms with Crippen LogP contribution < -0.4 is 10.6 Å². The molecule has 1 spiro atoms. The van der Waals surface area contributed by atoms with Crippen LogP contribution in [0, 0.1) is 0 Å². The molecule has 27 heavy (non-hydrogen) atoms. The first-order valence-electron chi connectivity index (χ1n) is 9.71. The summed E-state index contributed by atoms with van der Waals surface area (Å²) in [5, 5.41) is 6.80. The van der Waals surface area contributed by atoms with Gasteiger partial charge in [0, 0.05) is 46.1 Å². The first kappa shape index (κ1) is 22.6. The Bertz CT molecular complexity index is 506. The summed E-state index contributed by atoms with van der Waals surface area (Å²) in [5.74, 6) is 0.217. The molecule has 3 aliphatic rings. The molecule has 1 saturated carbocycles. The summed E-state index contributed by atoms with van der Waals surface area (Å²) >= 11 is 0. The first-order chi connectivity index (χ1) is 12.6. The molecular formula is C18H33IN4O4. The Morgan fingerprint density at radius 2 is 1.96 bits per heavy atom. The van der Waals surface area contributed by atoms with E-state index in [1.54, 1.807) is 19.0 Å². The molecule has 1 amide bonds. The fraction of sp³-hybridized carbons (Fsp3) is 0.889. The van der Waals surface area contributed by atoms with Gasteiger partial charge in [-0.05, 0) is 25.7 Å². The normalized spacial score (nSPS) is 27.3. The van der Waals surface area contributed by atoms with E-state index in [0.717, 1.165) is 38.7 Å². The van der Waals surface area contributed by atoms with Gasteiger partial charge in [0.2, 0.25) is 5.91 Å². The maximum atomic E-state index is 11.9. The van der Waals surface area contributed by atoms with E-state index in [9.17, 15) is 4.79 Å². The first-order valence-corrected chi connectivity index (χ1v) is 9.71. The van der Waals surface area contributed by atoms with Crippen LogP contribution in [-0.2, 0) is 19.0 Å². The number of carbonyl (C=O) groups is 1. The van der Waals surface area contributed by atoms with E-state index < -0.39 is 5.79 Å². The molecule has 2 unspecified atom stereocenters. The lowest BCUT2D eigenvalue weighted by molar-refractivity contribution is -0.151. The molecule has 0 radical (unpaired) electrons. The van der Waals surface area contributed by atoms with E-state index in [-0.39, 0.29) is 48.6 Å². The summed E-state index contributed by atoms with van der Waals surface area (Å²) in [5.41, 5.74) is 0. The van der Waals surface area contributed by atoms with Crippen molar-refractivity contribution in [2.45, 2.75) is 56.5 Å². The van der Waals surface area contributed by atoms with Crippen LogP contribution in [0.15, 0.2) is 4.99 Å². The Morgan fingerprint density at radius 1 is 1.19 bits per heavy atom. The molecule has 3 rings (SSSR count). The summed E-state index contributed by atoms with van der Waals surface area (Å²) in [7, 11) is 3.48. The van der Waals surface area contributed by atoms with Gasteiger partial charge >= 0.3 is 0 Å². The number of hydrogen-bond acceptors (Lipinski definition) is 5. The summed E-state index contributed by atoms with van der Waals surface area (Å²) in [6, 6.07) is 0.223. The molecule has 0 bridgehead atoms. The highest BCUT2D eigenvalue weighted by Gasteiger charge is 2.44. The van der Waals surface area contributed by atoms with E-state index >= 15 is 0 Å². The highest BCUT2D eigenvalue weighted by Crippen LogP contribution is 2.37. The smallest absolute Gasteiger partial charge is 0.243 e. The lowest BCUT2D eigenvalue weighted by Gasteiger charge is -2.25. The molecule has 156 valence electrons. The molecule has 2 saturated heterocycles. The minimum Gasteiger partial charge on any atom is -0.376 e. The van der Waals surface area contributed by atoms with Crippen LogP contribution in [0.2, 0.25) is 0 Å². The SMILES string of the molecule is CN(C)C(=O)CN=C(NCC1CCCCO1)NC1CCC2(C1)OCCO2.I. The standard InChI is InChI=1S/C18H32N4O4.HI/c1-22(2)16(23)13-20-17(19-12-15-5-3-4-8-24-15)21-14-6-7-18(11-14)25-9-10-26-18;/h14-15H,3-13H2,1-2H3,(H2,19,20,21);1H. The van der Waals surface area contributed by atoms with Crippen molar-refractivity contribution in [1.29, 1.82) is 0 Å². The quantitative estimate of drug-likeness (QED) is 0.337. The number of aliphatic imine (C=N–C) groups is 1. The van der Waals surface area contributed by atoms with Crippen molar-refractivity contribution >= 4 is 35.8 Å². The van der Waals surface area contributed by atoms with E-state index in [1.165, 1.54) is 6.42 Å². The number of hydrogen-bond donors (Lipinski definition) is 2. The monoisotopic (exact) mass is 496 g/mol. The fourth-order valence-corrected chi connectivity index (χ4v) is 3.67. The van der Waals surface area contributed by atoms with Crippen molar-refractivity contribution in [1.82, 2.24) is 15.5 Å². The predicted molar refractivity (Wildman–Crippen MR) is 113 cm³/mol. The van der Waals surface area contributed by atoms with Gasteiger partial charge in [-0.25, -0.2) is 4.99 Å². The predicted octanol–water partition coefficient (Wildman–Crippen LogP) is 1.09. The zero-order valence-electron chi connectivity index (χ0n) is 16.4. The Labute approximate surface area is 178 Å². The van der Waals surface area contributed by atoms with Crippen LogP contribution in [0.4, 0.5) is 0 Å². The number of carbonyl (C=O) groups excluding carboxylic acids is 1. The van der Waals surface area contributed by atoms with Crippen LogP contribution in [0.3, 0.4) is 0 Å². The fourth-order valence-electron chi connectivity index (χ4n) is 3.67. The van der Waals surface area contributed by atoms with Crippen LogP contribution in [0.5, 0.6) is 0 Å². The lowest BCUT2D eigenvalue weighted by Crippen LogP contribution is -2.47. The van der Waals surface area contributed by atoms with Crippen molar-refractivity contribution in [2.24, 2.45) is 4.99 Å². The molecule has 9 heteroatoms. The van der Waals surface area contributed by atoms with Crippen LogP contribution in [0.1, 0.15) is 38.5 Å². The number of ether oxygens (including phenoxy) is 3. The summed E-state index contributed by atoms with van der Waals surface area (Å²) in [6.45, 7) is 2.99. The zero-order valence-corrected chi connectivity index (χ0v) is 18.7. The van der Waals surface area contributed by atoms with Crippen LogP contribution in [-0.4, -0.2) is 81.7 Å². The molecule has 1 aliphatic carbocycles. The molecule has 3 fully saturated rings. The maximum Gasteiger partial charge on any atom is 0.243 e. The summed E-state index contributed by atoms with van der Waals surface area (Å²) in [4.78, 5) is 17.9. The highest BCUT2D eigenvalue weighted by atomic mass is 127. The molecule has 2 N–H and O–H groups in total. The van der Waals surface area contributed by atoms with Crippen molar-refractivity contribution in [3.63, 3.8) is 0 Å². The topological polar surface area (TPSA) is 84.4 Å². The Morgan fingerprint density at radius 3 is 2.63 bits per heavy atom. The molecule has 2 atom stereocenters. The largest absolute Gasteiger partial charge is 0.376 e. The van der Waals surface area contributed by atoms with Gasteiger partial charge in [-0.15, -0.1) is 24.0 Å². The van der Waals surface area contributed by atoms with Crippen molar-refractivity contribution in [3.8, 4) is 0 Å². The Kier molecular flexibility index (Phi) is 9.03. The van der Waals surface area contributed by atoms with Gasteiger partial charge in [0.25, 0.3) is 0 Å². The van der Waals surface area contributed by atoms with E-state index in [1.807, 2.05) is 0 Å². The van der Waals surface area contributed by atoms with E-state index in [2.05, 4.69) is 15.6 Å². The van der Waals surface area contributed by atoms with E-state index in [0.29, 0.717) is 25.7 Å². The highest BCUT2D eigenvalue weighted by molar-refractivity contribution is 14.0. The molecular weight excluding hydrogens is 463 g/mol. The minimum atomic E-state index is -0.422. The van der Waals surface area contributed by atoms with Gasteiger partial charge in [-0.1, -0.05) is 0 Å². The average Bonchev–Trinajstić information content (AvgIpc) is 3.27. The third-order valence-electron chi connectivity index (χ3n) is 5.23. The second kappa shape index (κ2) is 10.8. The number of halogens is 1. The zero-order chi connectivity index (χ0) is 18.4. The number of rotatable bonds is 5.